The van der Waals surface area contributed by atoms with Crippen molar-refractivity contribution in [2.75, 3.05) is 12.4 Å². The molecular formula is C16H15N9O. The number of anilines is 2. The fourth-order valence-electron chi connectivity index (χ4n) is 2.51. The van der Waals surface area contributed by atoms with Gasteiger partial charge >= 0.3 is 0 Å². The number of rotatable bonds is 4. The third-order valence-electron chi connectivity index (χ3n) is 3.85. The van der Waals surface area contributed by atoms with Gasteiger partial charge in [-0.05, 0) is 18.2 Å². The molecule has 0 atom stereocenters. The normalized spacial score (nSPS) is 10.8. The molecule has 4 rings (SSSR count). The maximum atomic E-state index is 11.8. The summed E-state index contributed by atoms with van der Waals surface area (Å²) < 4.78 is 3.32. The third kappa shape index (κ3) is 2.73. The molecule has 0 aromatic carbocycles. The molecule has 1 amide bonds. The largest absolute Gasteiger partial charge is 0.352 e. The van der Waals surface area contributed by atoms with E-state index >= 15 is 0 Å². The minimum Gasteiger partial charge on any atom is -0.352 e. The predicted molar refractivity (Wildman–Crippen MR) is 93.9 cm³/mol. The van der Waals surface area contributed by atoms with E-state index in [1.807, 2.05) is 25.2 Å². The van der Waals surface area contributed by atoms with Crippen LogP contribution in [-0.2, 0) is 7.05 Å². The number of aromatic nitrogens is 7. The molecule has 0 aliphatic heterocycles. The Morgan fingerprint density at radius 1 is 1.15 bits per heavy atom. The maximum Gasteiger partial charge on any atom is 0.289 e. The van der Waals surface area contributed by atoms with Gasteiger partial charge in [-0.1, -0.05) is 0 Å². The average Bonchev–Trinajstić information content (AvgIpc) is 3.27. The lowest BCUT2D eigenvalue weighted by molar-refractivity contribution is 0.0951. The molecule has 0 aliphatic carbocycles. The van der Waals surface area contributed by atoms with Crippen LogP contribution in [0.25, 0.3) is 16.9 Å². The van der Waals surface area contributed by atoms with Gasteiger partial charge in [-0.2, -0.15) is 5.10 Å². The highest BCUT2D eigenvalue weighted by molar-refractivity contribution is 5.91. The second-order valence-corrected chi connectivity index (χ2v) is 5.48. The summed E-state index contributed by atoms with van der Waals surface area (Å²) in [7, 11) is 3.38. The van der Waals surface area contributed by atoms with E-state index in [4.69, 9.17) is 0 Å². The van der Waals surface area contributed by atoms with Crippen molar-refractivity contribution in [2.24, 2.45) is 7.05 Å². The van der Waals surface area contributed by atoms with E-state index in [-0.39, 0.29) is 11.7 Å². The van der Waals surface area contributed by atoms with E-state index in [0.717, 1.165) is 17.1 Å². The Morgan fingerprint density at radius 3 is 2.81 bits per heavy atom. The van der Waals surface area contributed by atoms with E-state index in [2.05, 4.69) is 35.9 Å². The van der Waals surface area contributed by atoms with Crippen LogP contribution < -0.4 is 10.6 Å². The number of aryl methyl sites for hydroxylation is 1. The summed E-state index contributed by atoms with van der Waals surface area (Å²) in [5.41, 5.74) is 2.11. The molecule has 0 bridgehead atoms. The van der Waals surface area contributed by atoms with E-state index in [0.29, 0.717) is 11.6 Å². The summed E-state index contributed by atoms with van der Waals surface area (Å²) in [6, 6.07) is 7.30. The molecule has 4 aromatic heterocycles. The summed E-state index contributed by atoms with van der Waals surface area (Å²) in [6.07, 6.45) is 5.10. The monoisotopic (exact) mass is 349 g/mol. The SMILES string of the molecule is CNC(=O)c1nnc2cc(-c3ccnc(Nc4ccnn4C)n3)ccn12. The fourth-order valence-corrected chi connectivity index (χ4v) is 2.51. The third-order valence-corrected chi connectivity index (χ3v) is 3.85. The molecule has 26 heavy (non-hydrogen) atoms. The summed E-state index contributed by atoms with van der Waals surface area (Å²) >= 11 is 0. The van der Waals surface area contributed by atoms with Gasteiger partial charge in [0.2, 0.25) is 11.8 Å². The number of nitrogens with one attached hydrogen (secondary N) is 2. The van der Waals surface area contributed by atoms with Crippen molar-refractivity contribution >= 4 is 23.3 Å². The second-order valence-electron chi connectivity index (χ2n) is 5.48. The van der Waals surface area contributed by atoms with Crippen LogP contribution in [-0.4, -0.2) is 47.3 Å². The molecule has 0 radical (unpaired) electrons. The summed E-state index contributed by atoms with van der Waals surface area (Å²) in [6.45, 7) is 0. The highest BCUT2D eigenvalue weighted by atomic mass is 16.2. The highest BCUT2D eigenvalue weighted by Gasteiger charge is 2.13. The second kappa shape index (κ2) is 6.24. The topological polar surface area (TPSA) is 115 Å². The Bertz CT molecular complexity index is 1100. The fraction of sp³-hybridized carbons (Fsp3) is 0.125. The number of hydrogen-bond donors (Lipinski definition) is 2. The van der Waals surface area contributed by atoms with Gasteiger partial charge in [0.25, 0.3) is 5.91 Å². The number of pyridine rings is 1. The molecule has 0 unspecified atom stereocenters. The summed E-state index contributed by atoms with van der Waals surface area (Å²) in [5.74, 6) is 1.18. The van der Waals surface area contributed by atoms with Crippen LogP contribution in [0.15, 0.2) is 42.9 Å². The highest BCUT2D eigenvalue weighted by Crippen LogP contribution is 2.20. The van der Waals surface area contributed by atoms with Crippen molar-refractivity contribution < 1.29 is 4.79 Å². The first-order valence-electron chi connectivity index (χ1n) is 7.81. The molecule has 4 aromatic rings. The molecule has 10 nitrogen and oxygen atoms in total. The Labute approximate surface area is 147 Å². The summed E-state index contributed by atoms with van der Waals surface area (Å²) in [5, 5.41) is 17.7. The Morgan fingerprint density at radius 2 is 2.04 bits per heavy atom. The van der Waals surface area contributed by atoms with Crippen LogP contribution in [0, 0.1) is 0 Å². The summed E-state index contributed by atoms with van der Waals surface area (Å²) in [4.78, 5) is 20.6. The van der Waals surface area contributed by atoms with Gasteiger partial charge in [-0.3, -0.25) is 13.9 Å². The van der Waals surface area contributed by atoms with Gasteiger partial charge in [0.1, 0.15) is 5.82 Å². The van der Waals surface area contributed by atoms with Gasteiger partial charge in [0, 0.05) is 38.1 Å². The van der Waals surface area contributed by atoms with E-state index < -0.39 is 0 Å². The molecule has 0 fully saturated rings. The van der Waals surface area contributed by atoms with Gasteiger partial charge in [-0.15, -0.1) is 10.2 Å². The van der Waals surface area contributed by atoms with E-state index in [9.17, 15) is 4.79 Å². The minimum absolute atomic E-state index is 0.232. The molecule has 2 N–H and O–H groups in total. The van der Waals surface area contributed by atoms with Crippen molar-refractivity contribution in [3.05, 3.63) is 48.7 Å². The molecule has 4 heterocycles. The zero-order chi connectivity index (χ0) is 18.1. The lowest BCUT2D eigenvalue weighted by atomic mass is 10.2. The van der Waals surface area contributed by atoms with Crippen molar-refractivity contribution in [3.8, 4) is 11.3 Å². The first-order chi connectivity index (χ1) is 12.7. The quantitative estimate of drug-likeness (QED) is 0.565. The molecule has 10 heteroatoms. The minimum atomic E-state index is -0.296. The van der Waals surface area contributed by atoms with Crippen LogP contribution in [0.3, 0.4) is 0 Å². The Balaban J connectivity index is 1.68. The van der Waals surface area contributed by atoms with Crippen molar-refractivity contribution in [2.45, 2.75) is 0 Å². The van der Waals surface area contributed by atoms with Crippen LogP contribution in [0.1, 0.15) is 10.6 Å². The van der Waals surface area contributed by atoms with Crippen molar-refractivity contribution in [1.29, 1.82) is 0 Å². The standard InChI is InChI=1S/C16H15N9O/c1-17-15(26)14-23-22-13-9-10(5-8-25(13)14)11-3-6-18-16(20-11)21-12-4-7-19-24(12)2/h3-9H,1-2H3,(H,17,26)(H,18,20,21). The number of hydrogen-bond acceptors (Lipinski definition) is 7. The van der Waals surface area contributed by atoms with Gasteiger partial charge < -0.3 is 10.6 Å². The molecule has 0 aliphatic rings. The maximum absolute atomic E-state index is 11.8. The van der Waals surface area contributed by atoms with Crippen LogP contribution >= 0.6 is 0 Å². The smallest absolute Gasteiger partial charge is 0.289 e. The van der Waals surface area contributed by atoms with Crippen molar-refractivity contribution in [1.82, 2.24) is 39.7 Å². The zero-order valence-corrected chi connectivity index (χ0v) is 14.1. The number of carbonyl (C=O) groups is 1. The first-order valence-corrected chi connectivity index (χ1v) is 7.81. The zero-order valence-electron chi connectivity index (χ0n) is 14.1. The van der Waals surface area contributed by atoms with E-state index in [1.54, 1.807) is 40.8 Å². The van der Waals surface area contributed by atoms with Crippen LogP contribution in [0.4, 0.5) is 11.8 Å². The van der Waals surface area contributed by atoms with E-state index in [1.165, 1.54) is 0 Å². The number of carbonyl (C=O) groups excluding carboxylic acids is 1. The Kier molecular flexibility index (Phi) is 3.77. The van der Waals surface area contributed by atoms with Gasteiger partial charge in [0.15, 0.2) is 5.65 Å². The molecule has 0 spiro atoms. The molecular weight excluding hydrogens is 334 g/mol. The first kappa shape index (κ1) is 15.7. The number of nitrogens with zero attached hydrogens (tertiary/aromatic N) is 7. The molecule has 130 valence electrons. The lowest BCUT2D eigenvalue weighted by Gasteiger charge is -2.07. The molecule has 0 saturated heterocycles. The van der Waals surface area contributed by atoms with Gasteiger partial charge in [-0.25, -0.2) is 9.97 Å². The number of amides is 1. The van der Waals surface area contributed by atoms with Gasteiger partial charge in [0.05, 0.1) is 11.9 Å². The van der Waals surface area contributed by atoms with Crippen LogP contribution in [0.2, 0.25) is 0 Å². The average molecular weight is 349 g/mol. The lowest BCUT2D eigenvalue weighted by Crippen LogP contribution is -2.20. The molecule has 0 saturated carbocycles. The van der Waals surface area contributed by atoms with Crippen LogP contribution in [0.5, 0.6) is 0 Å². The van der Waals surface area contributed by atoms with Crippen molar-refractivity contribution in [3.63, 3.8) is 0 Å². The predicted octanol–water partition coefficient (Wildman–Crippen LogP) is 1.02. The number of fused-ring (bicyclic) bond motifs is 1. The Hall–Kier alpha value is -3.82.